The van der Waals surface area contributed by atoms with Crippen LogP contribution in [0.4, 0.5) is 4.79 Å². The smallest absolute Gasteiger partial charge is 0.409 e. The van der Waals surface area contributed by atoms with Gasteiger partial charge in [-0.15, -0.1) is 0 Å². The zero-order valence-electron chi connectivity index (χ0n) is 17.0. The summed E-state index contributed by atoms with van der Waals surface area (Å²) in [6, 6.07) is 19.0. The molecule has 0 unspecified atom stereocenters. The maximum Gasteiger partial charge on any atom is 0.409 e. The third kappa shape index (κ3) is 6.90. The number of amides is 3. The van der Waals surface area contributed by atoms with Crippen molar-refractivity contribution in [1.82, 2.24) is 10.2 Å². The first-order valence-electron chi connectivity index (χ1n) is 10.1. The lowest BCUT2D eigenvalue weighted by Crippen LogP contribution is -2.55. The van der Waals surface area contributed by atoms with Gasteiger partial charge in [0.1, 0.15) is 12.8 Å². The minimum absolute atomic E-state index is 0.0917. The summed E-state index contributed by atoms with van der Waals surface area (Å²) >= 11 is 3.52. The summed E-state index contributed by atoms with van der Waals surface area (Å²) < 4.78 is 11.0. The maximum absolute atomic E-state index is 12.4. The van der Waals surface area contributed by atoms with Crippen molar-refractivity contribution < 1.29 is 23.9 Å². The van der Waals surface area contributed by atoms with Crippen LogP contribution in [0.5, 0.6) is 0 Å². The molecule has 1 aliphatic heterocycles. The van der Waals surface area contributed by atoms with Crippen molar-refractivity contribution in [3.63, 3.8) is 0 Å². The molecule has 0 bridgehead atoms. The molecule has 0 saturated carbocycles. The minimum Gasteiger partial charge on any atom is -0.445 e. The molecule has 0 aliphatic carbocycles. The van der Waals surface area contributed by atoms with E-state index < -0.39 is 17.1 Å². The van der Waals surface area contributed by atoms with Crippen molar-refractivity contribution in [3.8, 4) is 0 Å². The molecule has 1 aliphatic rings. The standard InChI is InChI=1S/C23H25BrN2O5/c24-19(13-14-30-15-17-7-3-1-4-8-17)22(26-20(27)11-12-21(26)28)25-23(29)31-16-18-9-5-2-6-10-18/h1-10,19,22H,11-16H2,(H,25,29)/t19-,22+/m0/s1. The molecular weight excluding hydrogens is 464 g/mol. The van der Waals surface area contributed by atoms with Crippen molar-refractivity contribution >= 4 is 33.8 Å². The number of nitrogens with one attached hydrogen (secondary N) is 1. The van der Waals surface area contributed by atoms with Gasteiger partial charge in [-0.1, -0.05) is 76.6 Å². The van der Waals surface area contributed by atoms with Crippen LogP contribution >= 0.6 is 15.9 Å². The second-order valence-corrected chi connectivity index (χ2v) is 8.33. The summed E-state index contributed by atoms with van der Waals surface area (Å²) in [6.45, 7) is 0.937. The lowest BCUT2D eigenvalue weighted by molar-refractivity contribution is -0.141. The maximum atomic E-state index is 12.4. The fraction of sp³-hybridized carbons (Fsp3) is 0.348. The van der Waals surface area contributed by atoms with E-state index >= 15 is 0 Å². The number of ether oxygens (including phenoxy) is 2. The summed E-state index contributed by atoms with van der Waals surface area (Å²) in [5, 5.41) is 2.67. The topological polar surface area (TPSA) is 84.9 Å². The Balaban J connectivity index is 1.55. The molecule has 7 nitrogen and oxygen atoms in total. The summed E-state index contributed by atoms with van der Waals surface area (Å²) in [6.07, 6.45) is -0.796. The third-order valence-electron chi connectivity index (χ3n) is 4.84. The summed E-state index contributed by atoms with van der Waals surface area (Å²) in [7, 11) is 0. The molecule has 1 heterocycles. The number of benzene rings is 2. The second-order valence-electron chi connectivity index (χ2n) is 7.15. The largest absolute Gasteiger partial charge is 0.445 e. The number of carbonyl (C=O) groups is 3. The summed E-state index contributed by atoms with van der Waals surface area (Å²) in [5.41, 5.74) is 1.89. The van der Waals surface area contributed by atoms with E-state index in [0.717, 1.165) is 16.0 Å². The van der Waals surface area contributed by atoms with Gasteiger partial charge in [0.2, 0.25) is 11.8 Å². The quantitative estimate of drug-likeness (QED) is 0.312. The second kappa shape index (κ2) is 11.6. The minimum atomic E-state index is -0.855. The highest BCUT2D eigenvalue weighted by atomic mass is 79.9. The number of alkyl carbamates (subject to hydrolysis) is 1. The van der Waals surface area contributed by atoms with E-state index in [-0.39, 0.29) is 31.3 Å². The molecule has 2 aromatic rings. The van der Waals surface area contributed by atoms with Crippen LogP contribution in [-0.2, 0) is 32.3 Å². The summed E-state index contributed by atoms with van der Waals surface area (Å²) in [4.78, 5) is 37.6. The Morgan fingerprint density at radius 1 is 0.935 bits per heavy atom. The van der Waals surface area contributed by atoms with Crippen LogP contribution in [0.3, 0.4) is 0 Å². The Hall–Kier alpha value is -2.71. The average molecular weight is 489 g/mol. The van der Waals surface area contributed by atoms with Crippen LogP contribution in [0.25, 0.3) is 0 Å². The Bertz CT molecular complexity index is 862. The van der Waals surface area contributed by atoms with Gasteiger partial charge < -0.3 is 9.47 Å². The number of nitrogens with zero attached hydrogens (tertiary/aromatic N) is 1. The van der Waals surface area contributed by atoms with E-state index in [1.807, 2.05) is 60.7 Å². The van der Waals surface area contributed by atoms with Crippen LogP contribution in [0.15, 0.2) is 60.7 Å². The normalized spacial score (nSPS) is 15.6. The number of rotatable bonds is 10. The van der Waals surface area contributed by atoms with Crippen LogP contribution in [0.1, 0.15) is 30.4 Å². The van der Waals surface area contributed by atoms with Gasteiger partial charge in [0.05, 0.1) is 11.4 Å². The van der Waals surface area contributed by atoms with Gasteiger partial charge in [0.15, 0.2) is 0 Å². The van der Waals surface area contributed by atoms with E-state index in [9.17, 15) is 14.4 Å². The van der Waals surface area contributed by atoms with Gasteiger partial charge in [-0.3, -0.25) is 19.8 Å². The first kappa shape index (κ1) is 23.0. The lowest BCUT2D eigenvalue weighted by Gasteiger charge is -2.30. The molecule has 3 rings (SSSR count). The molecular formula is C23H25BrN2O5. The van der Waals surface area contributed by atoms with Gasteiger partial charge in [-0.25, -0.2) is 4.79 Å². The molecule has 1 fully saturated rings. The van der Waals surface area contributed by atoms with E-state index in [1.54, 1.807) is 0 Å². The van der Waals surface area contributed by atoms with Crippen LogP contribution in [0.2, 0.25) is 0 Å². The third-order valence-corrected chi connectivity index (χ3v) is 5.80. The zero-order valence-corrected chi connectivity index (χ0v) is 18.6. The first-order chi connectivity index (χ1) is 15.0. The van der Waals surface area contributed by atoms with Crippen molar-refractivity contribution in [2.75, 3.05) is 6.61 Å². The highest BCUT2D eigenvalue weighted by molar-refractivity contribution is 9.09. The monoisotopic (exact) mass is 488 g/mol. The molecule has 1 N–H and O–H groups in total. The van der Waals surface area contributed by atoms with Crippen LogP contribution in [-0.4, -0.2) is 40.4 Å². The average Bonchev–Trinajstić information content (AvgIpc) is 3.12. The number of hydrogen-bond acceptors (Lipinski definition) is 5. The van der Waals surface area contributed by atoms with E-state index in [0.29, 0.717) is 19.6 Å². The predicted molar refractivity (Wildman–Crippen MR) is 118 cm³/mol. The molecule has 1 saturated heterocycles. The molecule has 0 spiro atoms. The Labute approximate surface area is 189 Å². The zero-order chi connectivity index (χ0) is 22.1. The number of halogens is 1. The highest BCUT2D eigenvalue weighted by Crippen LogP contribution is 2.22. The molecule has 164 valence electrons. The number of carbonyl (C=O) groups excluding carboxylic acids is 3. The number of likely N-dealkylation sites (tertiary alicyclic amines) is 1. The number of hydrogen-bond donors (Lipinski definition) is 1. The van der Waals surface area contributed by atoms with Gasteiger partial charge in [-0.05, 0) is 17.5 Å². The van der Waals surface area contributed by atoms with Crippen LogP contribution in [0, 0.1) is 0 Å². The van der Waals surface area contributed by atoms with Crippen molar-refractivity contribution in [3.05, 3.63) is 71.8 Å². The van der Waals surface area contributed by atoms with E-state index in [4.69, 9.17) is 9.47 Å². The molecule has 3 amide bonds. The molecule has 0 aromatic heterocycles. The van der Waals surface area contributed by atoms with Gasteiger partial charge in [0, 0.05) is 19.4 Å². The number of alkyl halides is 1. The van der Waals surface area contributed by atoms with E-state index in [1.165, 1.54) is 0 Å². The van der Waals surface area contributed by atoms with Crippen molar-refractivity contribution in [2.45, 2.75) is 43.5 Å². The van der Waals surface area contributed by atoms with Crippen molar-refractivity contribution in [2.24, 2.45) is 0 Å². The van der Waals surface area contributed by atoms with Crippen LogP contribution < -0.4 is 5.32 Å². The molecule has 2 aromatic carbocycles. The summed E-state index contributed by atoms with van der Waals surface area (Å²) in [5.74, 6) is -0.624. The van der Waals surface area contributed by atoms with Gasteiger partial charge in [-0.2, -0.15) is 0 Å². The Morgan fingerprint density at radius 2 is 1.48 bits per heavy atom. The Morgan fingerprint density at radius 3 is 2.06 bits per heavy atom. The SMILES string of the molecule is O=C(N[C@@H]([C@@H](Br)CCOCc1ccccc1)N1C(=O)CCC1=O)OCc1ccccc1. The van der Waals surface area contributed by atoms with Gasteiger partial charge >= 0.3 is 6.09 Å². The molecule has 8 heteroatoms. The van der Waals surface area contributed by atoms with Crippen molar-refractivity contribution in [1.29, 1.82) is 0 Å². The highest BCUT2D eigenvalue weighted by Gasteiger charge is 2.39. The Kier molecular flexibility index (Phi) is 8.61. The lowest BCUT2D eigenvalue weighted by atomic mass is 10.2. The van der Waals surface area contributed by atoms with E-state index in [2.05, 4.69) is 21.2 Å². The molecule has 0 radical (unpaired) electrons. The number of imide groups is 1. The fourth-order valence-electron chi connectivity index (χ4n) is 3.22. The first-order valence-corrected chi connectivity index (χ1v) is 11.0. The predicted octanol–water partition coefficient (Wildman–Crippen LogP) is 3.76. The molecule has 2 atom stereocenters. The fourth-order valence-corrected chi connectivity index (χ4v) is 3.78. The molecule has 31 heavy (non-hydrogen) atoms. The van der Waals surface area contributed by atoms with Gasteiger partial charge in [0.25, 0.3) is 0 Å².